The molecule has 1 atom stereocenters. The zero-order chi connectivity index (χ0) is 13.2. The summed E-state index contributed by atoms with van der Waals surface area (Å²) in [7, 11) is 2.26. The average Bonchev–Trinajstić information content (AvgIpc) is 2.31. The van der Waals surface area contributed by atoms with Gasteiger partial charge in [-0.05, 0) is 52.8 Å². The van der Waals surface area contributed by atoms with Crippen LogP contribution in [0.2, 0.25) is 0 Å². The molecule has 2 nitrogen and oxygen atoms in total. The van der Waals surface area contributed by atoms with Crippen LogP contribution in [0.1, 0.15) is 37.8 Å². The lowest BCUT2D eigenvalue weighted by molar-refractivity contribution is 0.138. The minimum Gasteiger partial charge on any atom is -0.312 e. The Morgan fingerprint density at radius 1 is 1.28 bits per heavy atom. The van der Waals surface area contributed by atoms with Crippen molar-refractivity contribution in [3.05, 3.63) is 35.4 Å². The Kier molecular flexibility index (Phi) is 4.08. The van der Waals surface area contributed by atoms with Gasteiger partial charge in [0.2, 0.25) is 0 Å². The van der Waals surface area contributed by atoms with Gasteiger partial charge in [-0.1, -0.05) is 29.8 Å². The normalized spacial score (nSPS) is 23.3. The van der Waals surface area contributed by atoms with Crippen LogP contribution in [-0.2, 0) is 6.54 Å². The van der Waals surface area contributed by atoms with Crippen molar-refractivity contribution in [2.24, 2.45) is 0 Å². The van der Waals surface area contributed by atoms with Crippen molar-refractivity contribution >= 4 is 0 Å². The van der Waals surface area contributed by atoms with E-state index in [9.17, 15) is 0 Å². The van der Waals surface area contributed by atoms with Crippen LogP contribution >= 0.6 is 0 Å². The zero-order valence-electron chi connectivity index (χ0n) is 12.2. The lowest BCUT2D eigenvalue weighted by Gasteiger charge is -2.40. The van der Waals surface area contributed by atoms with Gasteiger partial charge in [0, 0.05) is 18.1 Å². The molecular formula is C16H26N2. The second-order valence-electron chi connectivity index (χ2n) is 6.36. The van der Waals surface area contributed by atoms with Crippen LogP contribution in [0.25, 0.3) is 0 Å². The van der Waals surface area contributed by atoms with Crippen LogP contribution in [0.3, 0.4) is 0 Å². The van der Waals surface area contributed by atoms with E-state index in [4.69, 9.17) is 0 Å². The van der Waals surface area contributed by atoms with E-state index in [0.717, 1.165) is 13.1 Å². The molecule has 1 N–H and O–H groups in total. The number of aryl methyl sites for hydroxylation is 1. The molecule has 1 aromatic carbocycles. The van der Waals surface area contributed by atoms with E-state index in [1.54, 1.807) is 0 Å². The highest BCUT2D eigenvalue weighted by molar-refractivity contribution is 5.21. The molecule has 0 bridgehead atoms. The van der Waals surface area contributed by atoms with Gasteiger partial charge in [-0.25, -0.2) is 0 Å². The maximum absolute atomic E-state index is 3.59. The molecule has 0 spiro atoms. The monoisotopic (exact) mass is 246 g/mol. The van der Waals surface area contributed by atoms with Crippen molar-refractivity contribution in [1.29, 1.82) is 0 Å². The predicted molar refractivity (Wildman–Crippen MR) is 77.7 cm³/mol. The molecule has 2 heteroatoms. The minimum absolute atomic E-state index is 0.282. The van der Waals surface area contributed by atoms with Crippen LogP contribution in [0.4, 0.5) is 0 Å². The van der Waals surface area contributed by atoms with Crippen molar-refractivity contribution in [3.63, 3.8) is 0 Å². The number of nitrogens with one attached hydrogen (secondary N) is 1. The van der Waals surface area contributed by atoms with E-state index in [1.807, 2.05) is 0 Å². The Balaban J connectivity index is 1.95. The van der Waals surface area contributed by atoms with E-state index in [0.29, 0.717) is 6.04 Å². The Hall–Kier alpha value is -0.860. The maximum atomic E-state index is 3.59. The van der Waals surface area contributed by atoms with E-state index in [-0.39, 0.29) is 5.54 Å². The van der Waals surface area contributed by atoms with Crippen molar-refractivity contribution in [2.75, 3.05) is 13.6 Å². The lowest BCUT2D eigenvalue weighted by Crippen LogP contribution is -2.52. The molecule has 1 unspecified atom stereocenters. The van der Waals surface area contributed by atoms with Gasteiger partial charge in [-0.15, -0.1) is 0 Å². The Morgan fingerprint density at radius 2 is 1.94 bits per heavy atom. The highest BCUT2D eigenvalue weighted by Gasteiger charge is 2.29. The molecule has 18 heavy (non-hydrogen) atoms. The first-order valence-electron chi connectivity index (χ1n) is 6.97. The molecular weight excluding hydrogens is 220 g/mol. The van der Waals surface area contributed by atoms with E-state index in [1.165, 1.54) is 24.0 Å². The zero-order valence-corrected chi connectivity index (χ0v) is 12.2. The number of hydrogen-bond acceptors (Lipinski definition) is 2. The molecule has 1 saturated heterocycles. The molecule has 100 valence electrons. The number of rotatable bonds is 3. The van der Waals surface area contributed by atoms with Crippen LogP contribution < -0.4 is 5.32 Å². The van der Waals surface area contributed by atoms with Gasteiger partial charge in [0.15, 0.2) is 0 Å². The van der Waals surface area contributed by atoms with Crippen LogP contribution in [0.5, 0.6) is 0 Å². The molecule has 2 rings (SSSR count). The van der Waals surface area contributed by atoms with Gasteiger partial charge >= 0.3 is 0 Å². The molecule has 1 aromatic rings. The summed E-state index contributed by atoms with van der Waals surface area (Å²) in [6, 6.07) is 9.60. The predicted octanol–water partition coefficient (Wildman–Crippen LogP) is 2.96. The highest BCUT2D eigenvalue weighted by atomic mass is 15.1. The number of piperidine rings is 1. The molecule has 1 fully saturated rings. The van der Waals surface area contributed by atoms with Crippen molar-refractivity contribution < 1.29 is 0 Å². The van der Waals surface area contributed by atoms with Crippen molar-refractivity contribution in [2.45, 2.75) is 51.7 Å². The third-order valence-electron chi connectivity index (χ3n) is 4.00. The first kappa shape index (κ1) is 13.6. The standard InChI is InChI=1S/C16H26N2/c1-13-5-7-14(8-6-13)12-18(4)15-9-10-17-16(2,3)11-15/h5-8,15,17H,9-12H2,1-4H3. The Bertz CT molecular complexity index is 381. The minimum atomic E-state index is 0.282. The van der Waals surface area contributed by atoms with Crippen LogP contribution in [0.15, 0.2) is 24.3 Å². The molecule has 1 aliphatic heterocycles. The highest BCUT2D eigenvalue weighted by Crippen LogP contribution is 2.23. The van der Waals surface area contributed by atoms with Gasteiger partial charge in [0.1, 0.15) is 0 Å². The smallest absolute Gasteiger partial charge is 0.0233 e. The Morgan fingerprint density at radius 3 is 2.56 bits per heavy atom. The molecule has 0 saturated carbocycles. The van der Waals surface area contributed by atoms with Gasteiger partial charge < -0.3 is 5.32 Å². The molecule has 0 aromatic heterocycles. The molecule has 1 aliphatic rings. The number of benzene rings is 1. The first-order chi connectivity index (χ1) is 8.46. The number of hydrogen-bond donors (Lipinski definition) is 1. The van der Waals surface area contributed by atoms with E-state index < -0.39 is 0 Å². The average molecular weight is 246 g/mol. The quantitative estimate of drug-likeness (QED) is 0.882. The van der Waals surface area contributed by atoms with E-state index >= 15 is 0 Å². The van der Waals surface area contributed by atoms with Crippen molar-refractivity contribution in [3.8, 4) is 0 Å². The largest absolute Gasteiger partial charge is 0.312 e. The molecule has 1 heterocycles. The fourth-order valence-corrected chi connectivity index (χ4v) is 2.83. The summed E-state index contributed by atoms with van der Waals surface area (Å²) in [5.41, 5.74) is 3.04. The SMILES string of the molecule is Cc1ccc(CN(C)C2CCNC(C)(C)C2)cc1. The number of nitrogens with zero attached hydrogens (tertiary/aromatic N) is 1. The van der Waals surface area contributed by atoms with E-state index in [2.05, 4.69) is 62.3 Å². The lowest BCUT2D eigenvalue weighted by atomic mass is 9.88. The van der Waals surface area contributed by atoms with Gasteiger partial charge in [0.05, 0.1) is 0 Å². The van der Waals surface area contributed by atoms with Gasteiger partial charge in [-0.3, -0.25) is 4.90 Å². The van der Waals surface area contributed by atoms with Crippen LogP contribution in [-0.4, -0.2) is 30.1 Å². The summed E-state index contributed by atoms with van der Waals surface area (Å²) in [6.45, 7) is 8.94. The summed E-state index contributed by atoms with van der Waals surface area (Å²) < 4.78 is 0. The summed E-state index contributed by atoms with van der Waals surface area (Å²) in [5, 5.41) is 3.59. The fourth-order valence-electron chi connectivity index (χ4n) is 2.83. The molecule has 0 radical (unpaired) electrons. The summed E-state index contributed by atoms with van der Waals surface area (Å²) in [4.78, 5) is 2.51. The summed E-state index contributed by atoms with van der Waals surface area (Å²) >= 11 is 0. The summed E-state index contributed by atoms with van der Waals surface area (Å²) in [5.74, 6) is 0. The molecule has 0 amide bonds. The Labute approximate surface area is 111 Å². The maximum Gasteiger partial charge on any atom is 0.0233 e. The topological polar surface area (TPSA) is 15.3 Å². The third-order valence-corrected chi connectivity index (χ3v) is 4.00. The second-order valence-corrected chi connectivity index (χ2v) is 6.36. The van der Waals surface area contributed by atoms with Gasteiger partial charge in [0.25, 0.3) is 0 Å². The fraction of sp³-hybridized carbons (Fsp3) is 0.625. The third kappa shape index (κ3) is 3.56. The van der Waals surface area contributed by atoms with Crippen molar-refractivity contribution in [1.82, 2.24) is 10.2 Å². The second kappa shape index (κ2) is 5.41. The summed E-state index contributed by atoms with van der Waals surface area (Å²) in [6.07, 6.45) is 2.49. The first-order valence-corrected chi connectivity index (χ1v) is 6.97. The molecule has 0 aliphatic carbocycles. The van der Waals surface area contributed by atoms with Crippen LogP contribution in [0, 0.1) is 6.92 Å². The van der Waals surface area contributed by atoms with Gasteiger partial charge in [-0.2, -0.15) is 0 Å².